The third-order valence-corrected chi connectivity index (χ3v) is 3.46. The quantitative estimate of drug-likeness (QED) is 0.872. The number of nitrogens with zero attached hydrogens (tertiary/aromatic N) is 4. The minimum absolute atomic E-state index is 0.290. The normalized spacial score (nSPS) is 22.0. The summed E-state index contributed by atoms with van der Waals surface area (Å²) in [5, 5.41) is 18.2. The van der Waals surface area contributed by atoms with Crippen LogP contribution in [0.4, 0.5) is 5.82 Å². The Labute approximate surface area is 114 Å². The molecule has 0 unspecified atom stereocenters. The average molecular weight is 260 g/mol. The van der Waals surface area contributed by atoms with Gasteiger partial charge < -0.3 is 10.0 Å². The Kier molecular flexibility index (Phi) is 4.35. The monoisotopic (exact) mass is 260 g/mol. The SMILES string of the molecule is C[C@@H]1CN(c2ccc(C#N)cn2)CCN1C[C@@H](C)O. The van der Waals surface area contributed by atoms with Gasteiger partial charge in [-0.3, -0.25) is 4.90 Å². The summed E-state index contributed by atoms with van der Waals surface area (Å²) >= 11 is 0. The first-order valence-electron chi connectivity index (χ1n) is 6.63. The molecule has 0 radical (unpaired) electrons. The smallest absolute Gasteiger partial charge is 0.128 e. The van der Waals surface area contributed by atoms with Gasteiger partial charge in [0.05, 0.1) is 11.7 Å². The lowest BCUT2D eigenvalue weighted by atomic mass is 10.1. The molecule has 0 bridgehead atoms. The topological polar surface area (TPSA) is 63.4 Å². The van der Waals surface area contributed by atoms with Crippen molar-refractivity contribution in [3.05, 3.63) is 23.9 Å². The van der Waals surface area contributed by atoms with Crippen molar-refractivity contribution >= 4 is 5.82 Å². The molecule has 1 aromatic rings. The Morgan fingerprint density at radius 2 is 2.32 bits per heavy atom. The summed E-state index contributed by atoms with van der Waals surface area (Å²) in [7, 11) is 0. The largest absolute Gasteiger partial charge is 0.392 e. The fourth-order valence-corrected chi connectivity index (χ4v) is 2.45. The number of aliphatic hydroxyl groups excluding tert-OH is 1. The summed E-state index contributed by atoms with van der Waals surface area (Å²) in [5.41, 5.74) is 0.588. The van der Waals surface area contributed by atoms with Crippen molar-refractivity contribution in [1.82, 2.24) is 9.88 Å². The minimum atomic E-state index is -0.290. The third-order valence-electron chi connectivity index (χ3n) is 3.46. The van der Waals surface area contributed by atoms with Gasteiger partial charge in [-0.05, 0) is 26.0 Å². The van der Waals surface area contributed by atoms with Gasteiger partial charge in [-0.15, -0.1) is 0 Å². The van der Waals surface area contributed by atoms with Crippen molar-refractivity contribution in [1.29, 1.82) is 5.26 Å². The van der Waals surface area contributed by atoms with E-state index >= 15 is 0 Å². The van der Waals surface area contributed by atoms with Gasteiger partial charge in [-0.1, -0.05) is 0 Å². The molecular weight excluding hydrogens is 240 g/mol. The summed E-state index contributed by atoms with van der Waals surface area (Å²) < 4.78 is 0. The van der Waals surface area contributed by atoms with Gasteiger partial charge in [-0.25, -0.2) is 4.98 Å². The second-order valence-corrected chi connectivity index (χ2v) is 5.16. The lowest BCUT2D eigenvalue weighted by Crippen LogP contribution is -2.53. The van der Waals surface area contributed by atoms with Crippen molar-refractivity contribution in [2.45, 2.75) is 26.0 Å². The highest BCUT2D eigenvalue weighted by Gasteiger charge is 2.24. The molecule has 2 heterocycles. The third kappa shape index (κ3) is 3.43. The Balaban J connectivity index is 1.99. The van der Waals surface area contributed by atoms with Gasteiger partial charge in [-0.2, -0.15) is 5.26 Å². The van der Waals surface area contributed by atoms with Crippen LogP contribution >= 0.6 is 0 Å². The Hall–Kier alpha value is -1.64. The summed E-state index contributed by atoms with van der Waals surface area (Å²) in [6, 6.07) is 6.17. The second kappa shape index (κ2) is 6.00. The molecule has 1 aliphatic rings. The first-order valence-corrected chi connectivity index (χ1v) is 6.63. The Morgan fingerprint density at radius 3 is 2.84 bits per heavy atom. The van der Waals surface area contributed by atoms with Crippen LogP contribution in [-0.4, -0.2) is 53.3 Å². The lowest BCUT2D eigenvalue weighted by molar-refractivity contribution is 0.0959. The van der Waals surface area contributed by atoms with Gasteiger partial charge >= 0.3 is 0 Å². The van der Waals surface area contributed by atoms with Crippen LogP contribution in [0.3, 0.4) is 0 Å². The van der Waals surface area contributed by atoms with Crippen LogP contribution in [-0.2, 0) is 0 Å². The predicted molar refractivity (Wildman–Crippen MR) is 73.9 cm³/mol. The van der Waals surface area contributed by atoms with Crippen LogP contribution in [0.25, 0.3) is 0 Å². The number of hydrogen-bond acceptors (Lipinski definition) is 5. The first-order chi connectivity index (χ1) is 9.10. The van der Waals surface area contributed by atoms with Gasteiger partial charge in [0.25, 0.3) is 0 Å². The van der Waals surface area contributed by atoms with E-state index in [1.165, 1.54) is 0 Å². The lowest BCUT2D eigenvalue weighted by Gasteiger charge is -2.40. The van der Waals surface area contributed by atoms with Gasteiger partial charge in [0.1, 0.15) is 11.9 Å². The molecular formula is C14H20N4O. The number of piperazine rings is 1. The van der Waals surface area contributed by atoms with Crippen LogP contribution in [0.2, 0.25) is 0 Å². The fraction of sp³-hybridized carbons (Fsp3) is 0.571. The van der Waals surface area contributed by atoms with E-state index in [1.807, 2.05) is 13.0 Å². The van der Waals surface area contributed by atoms with Crippen molar-refractivity contribution in [3.63, 3.8) is 0 Å². The van der Waals surface area contributed by atoms with Gasteiger partial charge in [0.15, 0.2) is 0 Å². The predicted octanol–water partition coefficient (Wildman–Crippen LogP) is 0.845. The maximum absolute atomic E-state index is 9.46. The van der Waals surface area contributed by atoms with Crippen LogP contribution < -0.4 is 4.90 Å². The number of rotatable bonds is 3. The summed E-state index contributed by atoms with van der Waals surface area (Å²) in [6.45, 7) is 7.42. The Bertz CT molecular complexity index is 452. The van der Waals surface area contributed by atoms with Crippen LogP contribution in [0.15, 0.2) is 18.3 Å². The molecule has 19 heavy (non-hydrogen) atoms. The van der Waals surface area contributed by atoms with Gasteiger partial charge in [0.2, 0.25) is 0 Å². The number of aliphatic hydroxyl groups is 1. The molecule has 0 amide bonds. The standard InChI is InChI=1S/C14H20N4O/c1-11-9-18(6-5-17(11)10-12(2)19)14-4-3-13(7-15)8-16-14/h3-4,8,11-12,19H,5-6,9-10H2,1-2H3/t11-,12-/m1/s1. The molecule has 0 aliphatic carbocycles. The van der Waals surface area contributed by atoms with E-state index in [2.05, 4.69) is 27.8 Å². The van der Waals surface area contributed by atoms with Crippen molar-refractivity contribution in [2.24, 2.45) is 0 Å². The highest BCUT2D eigenvalue weighted by atomic mass is 16.3. The molecule has 2 rings (SSSR count). The zero-order valence-electron chi connectivity index (χ0n) is 11.5. The zero-order valence-corrected chi connectivity index (χ0v) is 11.5. The summed E-state index contributed by atoms with van der Waals surface area (Å²) in [5.74, 6) is 0.919. The molecule has 2 atom stereocenters. The fourth-order valence-electron chi connectivity index (χ4n) is 2.45. The van der Waals surface area contributed by atoms with E-state index in [0.717, 1.165) is 32.0 Å². The number of aromatic nitrogens is 1. The van der Waals surface area contributed by atoms with Crippen LogP contribution in [0.1, 0.15) is 19.4 Å². The molecule has 1 N–H and O–H groups in total. The first kappa shape index (κ1) is 13.8. The van der Waals surface area contributed by atoms with Crippen molar-refractivity contribution in [2.75, 3.05) is 31.1 Å². The minimum Gasteiger partial charge on any atom is -0.392 e. The number of anilines is 1. The molecule has 0 saturated carbocycles. The molecule has 1 aromatic heterocycles. The van der Waals surface area contributed by atoms with Crippen molar-refractivity contribution < 1.29 is 5.11 Å². The van der Waals surface area contributed by atoms with E-state index < -0.39 is 0 Å². The van der Waals surface area contributed by atoms with Crippen LogP contribution in [0.5, 0.6) is 0 Å². The van der Waals surface area contributed by atoms with E-state index in [-0.39, 0.29) is 6.10 Å². The van der Waals surface area contributed by atoms with Crippen LogP contribution in [0, 0.1) is 11.3 Å². The number of pyridine rings is 1. The highest BCUT2D eigenvalue weighted by Crippen LogP contribution is 2.17. The maximum atomic E-state index is 9.46. The number of hydrogen-bond donors (Lipinski definition) is 1. The summed E-state index contributed by atoms with van der Waals surface area (Å²) in [4.78, 5) is 8.85. The molecule has 0 spiro atoms. The number of nitriles is 1. The highest BCUT2D eigenvalue weighted by molar-refractivity contribution is 5.42. The molecule has 1 saturated heterocycles. The van der Waals surface area contributed by atoms with E-state index in [9.17, 15) is 5.11 Å². The molecule has 102 valence electrons. The second-order valence-electron chi connectivity index (χ2n) is 5.16. The molecule has 1 aliphatic heterocycles. The maximum Gasteiger partial charge on any atom is 0.128 e. The van der Waals surface area contributed by atoms with E-state index in [4.69, 9.17) is 5.26 Å². The Morgan fingerprint density at radius 1 is 1.53 bits per heavy atom. The molecule has 0 aromatic carbocycles. The van der Waals surface area contributed by atoms with Gasteiger partial charge in [0, 0.05) is 38.4 Å². The van der Waals surface area contributed by atoms with E-state index in [1.54, 1.807) is 12.3 Å². The zero-order chi connectivity index (χ0) is 13.8. The van der Waals surface area contributed by atoms with E-state index in [0.29, 0.717) is 11.6 Å². The molecule has 5 heteroatoms. The molecule has 5 nitrogen and oxygen atoms in total. The average Bonchev–Trinajstić information content (AvgIpc) is 2.41. The molecule has 1 fully saturated rings. The summed E-state index contributed by atoms with van der Waals surface area (Å²) in [6.07, 6.45) is 1.32. The number of β-amino-alcohol motifs (C(OH)–C–C–N with tert-alkyl or cyclic N) is 1. The van der Waals surface area contributed by atoms with Crippen molar-refractivity contribution in [3.8, 4) is 6.07 Å².